The van der Waals surface area contributed by atoms with Crippen molar-refractivity contribution in [3.05, 3.63) is 23.8 Å². The Morgan fingerprint density at radius 1 is 1.26 bits per heavy atom. The molecule has 1 aromatic carbocycles. The minimum atomic E-state index is -3.77. The summed E-state index contributed by atoms with van der Waals surface area (Å²) in [5.41, 5.74) is -0.141. The smallest absolute Gasteiger partial charge is 0.251 e. The van der Waals surface area contributed by atoms with Crippen LogP contribution in [-0.4, -0.2) is 32.5 Å². The van der Waals surface area contributed by atoms with Crippen LogP contribution in [0.1, 0.15) is 51.9 Å². The van der Waals surface area contributed by atoms with E-state index in [1.54, 1.807) is 26.8 Å². The van der Waals surface area contributed by atoms with Crippen LogP contribution in [0.15, 0.2) is 23.1 Å². The van der Waals surface area contributed by atoms with Gasteiger partial charge in [0.15, 0.2) is 0 Å². The van der Waals surface area contributed by atoms with Crippen LogP contribution in [0, 0.1) is 0 Å². The summed E-state index contributed by atoms with van der Waals surface area (Å²) >= 11 is 0. The molecule has 0 radical (unpaired) electrons. The monoisotopic (exact) mass is 342 g/mol. The van der Waals surface area contributed by atoms with Crippen LogP contribution in [0.2, 0.25) is 0 Å². The first-order valence-corrected chi connectivity index (χ1v) is 9.06. The van der Waals surface area contributed by atoms with Crippen molar-refractivity contribution in [2.75, 3.05) is 6.61 Å². The van der Waals surface area contributed by atoms with Crippen LogP contribution in [0.25, 0.3) is 0 Å². The summed E-state index contributed by atoms with van der Waals surface area (Å²) in [7, 11) is -3.77. The zero-order chi connectivity index (χ0) is 17.8. The molecule has 130 valence electrons. The van der Waals surface area contributed by atoms with Gasteiger partial charge in [-0.15, -0.1) is 0 Å². The highest BCUT2D eigenvalue weighted by Gasteiger charge is 2.23. The molecule has 0 atom stereocenters. The van der Waals surface area contributed by atoms with Crippen molar-refractivity contribution in [3.63, 3.8) is 0 Å². The van der Waals surface area contributed by atoms with Gasteiger partial charge in [0.1, 0.15) is 10.6 Å². The number of ether oxygens (including phenoxy) is 1. The van der Waals surface area contributed by atoms with Crippen LogP contribution in [0.5, 0.6) is 5.75 Å². The fraction of sp³-hybridized carbons (Fsp3) is 0.562. The third kappa shape index (κ3) is 5.84. The first-order chi connectivity index (χ1) is 10.5. The van der Waals surface area contributed by atoms with Crippen molar-refractivity contribution in [1.82, 2.24) is 10.0 Å². The summed E-state index contributed by atoms with van der Waals surface area (Å²) in [4.78, 5) is 12.2. The molecule has 0 heterocycles. The molecule has 0 aliphatic carbocycles. The molecule has 0 bridgehead atoms. The highest BCUT2D eigenvalue weighted by molar-refractivity contribution is 7.89. The van der Waals surface area contributed by atoms with Crippen molar-refractivity contribution in [2.24, 2.45) is 0 Å². The molecule has 23 heavy (non-hydrogen) atoms. The Morgan fingerprint density at radius 2 is 1.87 bits per heavy atom. The second-order valence-electron chi connectivity index (χ2n) is 6.57. The summed E-state index contributed by atoms with van der Waals surface area (Å²) in [6.45, 7) is 11.1. The molecule has 1 amide bonds. The lowest BCUT2D eigenvalue weighted by Crippen LogP contribution is -2.40. The molecule has 0 aliphatic heterocycles. The van der Waals surface area contributed by atoms with Crippen LogP contribution < -0.4 is 14.8 Å². The Balaban J connectivity index is 3.31. The van der Waals surface area contributed by atoms with Crippen molar-refractivity contribution in [3.8, 4) is 5.75 Å². The summed E-state index contributed by atoms with van der Waals surface area (Å²) in [6.07, 6.45) is 0. The van der Waals surface area contributed by atoms with E-state index in [1.807, 2.05) is 20.8 Å². The van der Waals surface area contributed by atoms with Crippen LogP contribution in [-0.2, 0) is 10.0 Å². The van der Waals surface area contributed by atoms with Crippen molar-refractivity contribution >= 4 is 15.9 Å². The Bertz CT molecular complexity index is 661. The number of nitrogens with one attached hydrogen (secondary N) is 2. The predicted octanol–water partition coefficient (Wildman–Crippen LogP) is 2.30. The fourth-order valence-electron chi connectivity index (χ4n) is 1.92. The second kappa shape index (κ2) is 7.31. The van der Waals surface area contributed by atoms with Crippen LogP contribution in [0.4, 0.5) is 0 Å². The van der Waals surface area contributed by atoms with Gasteiger partial charge in [-0.05, 0) is 59.7 Å². The molecule has 2 N–H and O–H groups in total. The molecular formula is C16H26N2O4S. The lowest BCUT2D eigenvalue weighted by atomic mass is 10.1. The quantitative estimate of drug-likeness (QED) is 0.831. The summed E-state index contributed by atoms with van der Waals surface area (Å²) < 4.78 is 32.8. The number of hydrogen-bond acceptors (Lipinski definition) is 4. The molecule has 6 nitrogen and oxygen atoms in total. The first kappa shape index (κ1) is 19.4. The maximum atomic E-state index is 12.5. The SMILES string of the molecule is CCOc1ccc(C(=O)NC(C)(C)C)cc1S(=O)(=O)NC(C)C. The van der Waals surface area contributed by atoms with Gasteiger partial charge in [0.05, 0.1) is 6.61 Å². The number of rotatable bonds is 6. The Kier molecular flexibility index (Phi) is 6.18. The third-order valence-corrected chi connectivity index (χ3v) is 4.35. The topological polar surface area (TPSA) is 84.5 Å². The Morgan fingerprint density at radius 3 is 2.35 bits per heavy atom. The molecule has 0 aromatic heterocycles. The summed E-state index contributed by atoms with van der Waals surface area (Å²) in [5, 5.41) is 2.81. The molecule has 0 aliphatic rings. The van der Waals surface area contributed by atoms with Crippen molar-refractivity contribution < 1.29 is 17.9 Å². The van der Waals surface area contributed by atoms with E-state index < -0.39 is 15.6 Å². The van der Waals surface area contributed by atoms with E-state index in [-0.39, 0.29) is 28.2 Å². The molecular weight excluding hydrogens is 316 g/mol. The van der Waals surface area contributed by atoms with E-state index in [0.717, 1.165) is 0 Å². The van der Waals surface area contributed by atoms with Gasteiger partial charge >= 0.3 is 0 Å². The van der Waals surface area contributed by atoms with Gasteiger partial charge in [-0.1, -0.05) is 0 Å². The largest absolute Gasteiger partial charge is 0.492 e. The lowest BCUT2D eigenvalue weighted by Gasteiger charge is -2.21. The molecule has 0 unspecified atom stereocenters. The van der Waals surface area contributed by atoms with Crippen LogP contribution >= 0.6 is 0 Å². The highest BCUT2D eigenvalue weighted by atomic mass is 32.2. The first-order valence-electron chi connectivity index (χ1n) is 7.58. The van der Waals surface area contributed by atoms with E-state index in [4.69, 9.17) is 4.74 Å². The van der Waals surface area contributed by atoms with Crippen molar-refractivity contribution in [1.29, 1.82) is 0 Å². The zero-order valence-corrected chi connectivity index (χ0v) is 15.4. The molecule has 0 saturated heterocycles. The zero-order valence-electron chi connectivity index (χ0n) is 14.6. The lowest BCUT2D eigenvalue weighted by molar-refractivity contribution is 0.0919. The highest BCUT2D eigenvalue weighted by Crippen LogP contribution is 2.25. The van der Waals surface area contributed by atoms with E-state index >= 15 is 0 Å². The van der Waals surface area contributed by atoms with E-state index in [1.165, 1.54) is 12.1 Å². The average molecular weight is 342 g/mol. The second-order valence-corrected chi connectivity index (χ2v) is 8.26. The van der Waals surface area contributed by atoms with Gasteiger partial charge in [-0.3, -0.25) is 4.79 Å². The van der Waals surface area contributed by atoms with E-state index in [2.05, 4.69) is 10.0 Å². The van der Waals surface area contributed by atoms with Gasteiger partial charge in [-0.2, -0.15) is 0 Å². The molecule has 1 rings (SSSR count). The number of hydrogen-bond donors (Lipinski definition) is 2. The van der Waals surface area contributed by atoms with Crippen molar-refractivity contribution in [2.45, 2.75) is 58.0 Å². The van der Waals surface area contributed by atoms with Gasteiger partial charge < -0.3 is 10.1 Å². The minimum Gasteiger partial charge on any atom is -0.492 e. The molecule has 7 heteroatoms. The number of carbonyl (C=O) groups excluding carboxylic acids is 1. The van der Waals surface area contributed by atoms with Crippen LogP contribution in [0.3, 0.4) is 0 Å². The summed E-state index contributed by atoms with van der Waals surface area (Å²) in [5.74, 6) is -0.102. The molecule has 1 aromatic rings. The molecule has 0 fully saturated rings. The third-order valence-electron chi connectivity index (χ3n) is 2.67. The van der Waals surface area contributed by atoms with Gasteiger partial charge in [0, 0.05) is 17.1 Å². The van der Waals surface area contributed by atoms with Gasteiger partial charge in [-0.25, -0.2) is 13.1 Å². The van der Waals surface area contributed by atoms with E-state index in [0.29, 0.717) is 6.61 Å². The summed E-state index contributed by atoms with van der Waals surface area (Å²) in [6, 6.07) is 4.15. The van der Waals surface area contributed by atoms with Gasteiger partial charge in [0.25, 0.3) is 5.91 Å². The maximum absolute atomic E-state index is 12.5. The number of sulfonamides is 1. The Hall–Kier alpha value is -1.60. The normalized spacial score (nSPS) is 12.3. The fourth-order valence-corrected chi connectivity index (χ4v) is 3.34. The number of carbonyl (C=O) groups is 1. The average Bonchev–Trinajstić information content (AvgIpc) is 2.35. The minimum absolute atomic E-state index is 0.0328. The molecule has 0 spiro atoms. The van der Waals surface area contributed by atoms with E-state index in [9.17, 15) is 13.2 Å². The standard InChI is InChI=1S/C16H26N2O4S/c1-7-22-13-9-8-12(15(19)17-16(4,5)6)10-14(13)23(20,21)18-11(2)3/h8-11,18H,7H2,1-6H3,(H,17,19). The van der Waals surface area contributed by atoms with Gasteiger partial charge in [0.2, 0.25) is 10.0 Å². The number of amides is 1. The molecule has 0 saturated carbocycles. The Labute approximate surface area is 138 Å². The number of benzene rings is 1. The maximum Gasteiger partial charge on any atom is 0.251 e. The predicted molar refractivity (Wildman–Crippen MR) is 90.3 cm³/mol.